The summed E-state index contributed by atoms with van der Waals surface area (Å²) in [6.07, 6.45) is -3.97. The predicted octanol–water partition coefficient (Wildman–Crippen LogP) is 5.96. The average molecular weight is 630 g/mol. The van der Waals surface area contributed by atoms with E-state index >= 15 is 0 Å². The number of pyridine rings is 1. The van der Waals surface area contributed by atoms with Crippen LogP contribution in [-0.2, 0) is 34.1 Å². The molecule has 1 aliphatic rings. The number of aryl methyl sites for hydroxylation is 1. The van der Waals surface area contributed by atoms with Crippen LogP contribution in [0.15, 0.2) is 54.7 Å². The summed E-state index contributed by atoms with van der Waals surface area (Å²) in [4.78, 5) is 15.9. The van der Waals surface area contributed by atoms with Crippen molar-refractivity contribution in [1.82, 2.24) is 14.0 Å². The maximum Gasteiger partial charge on any atom is 0.422 e. The van der Waals surface area contributed by atoms with Gasteiger partial charge in [0.25, 0.3) is 0 Å². The van der Waals surface area contributed by atoms with E-state index in [1.54, 1.807) is 12.1 Å². The fourth-order valence-corrected chi connectivity index (χ4v) is 5.83. The number of aromatic nitrogens is 1. The van der Waals surface area contributed by atoms with Crippen LogP contribution in [0.3, 0.4) is 0 Å². The van der Waals surface area contributed by atoms with Crippen LogP contribution >= 0.6 is 11.6 Å². The fraction of sp³-hybridized carbons (Fsp3) is 0.333. The highest BCUT2D eigenvalue weighted by atomic mass is 35.5. The standard InChI is InChI=1S/C27H27ClF3N3O7S/c1-39-11-12-40-20-10-9-18(24(14-20)41-25-22(28)13-19(15-32-25)27(29,30)31)16-34(26(35)36)42(37,38)33-23-8-4-6-17-5-2-3-7-21(17)23/h2-3,5,7,9-10,13-15,23,33H,4,6,8,11-12,16H2,1H3,(H,35,36). The number of nitrogens with one attached hydrogen (secondary N) is 1. The van der Waals surface area contributed by atoms with Crippen LogP contribution in [0.4, 0.5) is 18.0 Å². The van der Waals surface area contributed by atoms with Crippen molar-refractivity contribution in [2.75, 3.05) is 20.3 Å². The summed E-state index contributed by atoms with van der Waals surface area (Å²) in [5.74, 6) is -0.319. The number of hydrogen-bond donors (Lipinski definition) is 2. The van der Waals surface area contributed by atoms with E-state index in [4.69, 9.17) is 25.8 Å². The van der Waals surface area contributed by atoms with Crippen molar-refractivity contribution < 1.29 is 45.7 Å². The van der Waals surface area contributed by atoms with Crippen LogP contribution in [0.1, 0.15) is 41.1 Å². The lowest BCUT2D eigenvalue weighted by Gasteiger charge is -2.29. The molecule has 0 fully saturated rings. The van der Waals surface area contributed by atoms with E-state index in [-0.39, 0.29) is 34.6 Å². The van der Waals surface area contributed by atoms with E-state index < -0.39 is 51.5 Å². The molecule has 3 aromatic rings. The Morgan fingerprint density at radius 2 is 1.95 bits per heavy atom. The molecule has 0 radical (unpaired) electrons. The normalized spacial score (nSPS) is 15.1. The zero-order valence-electron chi connectivity index (χ0n) is 22.2. The Hall–Kier alpha value is -3.59. The molecule has 1 heterocycles. The maximum absolute atomic E-state index is 13.4. The molecule has 226 valence electrons. The largest absolute Gasteiger partial charge is 0.491 e. The minimum absolute atomic E-state index is 0.0451. The Morgan fingerprint density at radius 3 is 2.64 bits per heavy atom. The van der Waals surface area contributed by atoms with E-state index in [0.29, 0.717) is 25.1 Å². The first-order valence-corrected chi connectivity index (χ1v) is 14.5. The van der Waals surface area contributed by atoms with Gasteiger partial charge in [-0.3, -0.25) is 0 Å². The first-order valence-electron chi connectivity index (χ1n) is 12.6. The number of amides is 1. The number of rotatable bonds is 11. The first kappa shape index (κ1) is 31.3. The number of hydrogen-bond acceptors (Lipinski definition) is 7. The second-order valence-corrected chi connectivity index (χ2v) is 11.3. The molecule has 0 aliphatic heterocycles. The summed E-state index contributed by atoms with van der Waals surface area (Å²) in [6, 6.07) is 11.5. The number of carbonyl (C=O) groups is 1. The lowest BCUT2D eigenvalue weighted by Crippen LogP contribution is -2.45. The second-order valence-electron chi connectivity index (χ2n) is 9.28. The van der Waals surface area contributed by atoms with Crippen LogP contribution < -0.4 is 14.2 Å². The van der Waals surface area contributed by atoms with Gasteiger partial charge in [0.1, 0.15) is 23.1 Å². The average Bonchev–Trinajstić information content (AvgIpc) is 2.93. The molecule has 10 nitrogen and oxygen atoms in total. The monoisotopic (exact) mass is 629 g/mol. The number of ether oxygens (including phenoxy) is 3. The van der Waals surface area contributed by atoms with Crippen molar-refractivity contribution in [3.05, 3.63) is 82.0 Å². The van der Waals surface area contributed by atoms with Gasteiger partial charge in [-0.15, -0.1) is 0 Å². The Morgan fingerprint density at radius 1 is 1.19 bits per heavy atom. The van der Waals surface area contributed by atoms with E-state index in [1.807, 2.05) is 12.1 Å². The topological polar surface area (TPSA) is 127 Å². The Labute approximate surface area is 245 Å². The second kappa shape index (κ2) is 13.2. The van der Waals surface area contributed by atoms with E-state index in [2.05, 4.69) is 9.71 Å². The quantitative estimate of drug-likeness (QED) is 0.249. The van der Waals surface area contributed by atoms with Crippen molar-refractivity contribution >= 4 is 27.9 Å². The van der Waals surface area contributed by atoms with Crippen LogP contribution in [0.2, 0.25) is 5.02 Å². The maximum atomic E-state index is 13.4. The molecule has 0 saturated heterocycles. The van der Waals surface area contributed by atoms with Gasteiger partial charge in [-0.1, -0.05) is 35.9 Å². The van der Waals surface area contributed by atoms with Crippen LogP contribution in [0, 0.1) is 0 Å². The summed E-state index contributed by atoms with van der Waals surface area (Å²) in [5.41, 5.74) is 0.681. The molecule has 15 heteroatoms. The fourth-order valence-electron chi connectivity index (χ4n) is 4.38. The van der Waals surface area contributed by atoms with E-state index in [1.165, 1.54) is 25.3 Å². The molecular formula is C27H27ClF3N3O7S. The number of benzene rings is 2. The third-order valence-corrected chi connectivity index (χ3v) is 8.13. The van der Waals surface area contributed by atoms with Crippen LogP contribution in [0.25, 0.3) is 0 Å². The molecule has 1 atom stereocenters. The van der Waals surface area contributed by atoms with Crippen LogP contribution in [-0.4, -0.2) is 49.2 Å². The smallest absolute Gasteiger partial charge is 0.422 e. The Bertz CT molecular complexity index is 1540. The highest BCUT2D eigenvalue weighted by molar-refractivity contribution is 7.87. The number of fused-ring (bicyclic) bond motifs is 1. The molecule has 2 N–H and O–H groups in total. The van der Waals surface area contributed by atoms with E-state index in [9.17, 15) is 31.5 Å². The number of halogens is 4. The molecule has 2 aromatic carbocycles. The molecule has 42 heavy (non-hydrogen) atoms. The molecule has 1 aliphatic carbocycles. The third-order valence-electron chi connectivity index (χ3n) is 6.41. The molecule has 0 spiro atoms. The molecule has 0 saturated carbocycles. The van der Waals surface area contributed by atoms with Gasteiger partial charge >= 0.3 is 22.5 Å². The number of nitrogens with zero attached hydrogens (tertiary/aromatic N) is 2. The van der Waals surface area contributed by atoms with Gasteiger partial charge in [0, 0.05) is 31.0 Å². The molecular weight excluding hydrogens is 603 g/mol. The van der Waals surface area contributed by atoms with Gasteiger partial charge in [-0.25, -0.2) is 9.78 Å². The van der Waals surface area contributed by atoms with Gasteiger partial charge in [-0.2, -0.15) is 30.6 Å². The predicted molar refractivity (Wildman–Crippen MR) is 146 cm³/mol. The highest BCUT2D eigenvalue weighted by Gasteiger charge is 2.34. The molecule has 1 aromatic heterocycles. The Kier molecular flexibility index (Phi) is 9.82. The van der Waals surface area contributed by atoms with Crippen molar-refractivity contribution in [3.63, 3.8) is 0 Å². The lowest BCUT2D eigenvalue weighted by molar-refractivity contribution is -0.137. The molecule has 1 amide bonds. The van der Waals surface area contributed by atoms with Crippen LogP contribution in [0.5, 0.6) is 17.4 Å². The zero-order chi connectivity index (χ0) is 30.5. The van der Waals surface area contributed by atoms with Gasteiger partial charge in [0.15, 0.2) is 0 Å². The zero-order valence-corrected chi connectivity index (χ0v) is 23.8. The van der Waals surface area contributed by atoms with E-state index in [0.717, 1.165) is 17.5 Å². The molecule has 4 rings (SSSR count). The highest BCUT2D eigenvalue weighted by Crippen LogP contribution is 2.37. The van der Waals surface area contributed by atoms with Gasteiger partial charge in [-0.05, 0) is 48.6 Å². The first-order chi connectivity index (χ1) is 19.9. The molecule has 1 unspecified atom stereocenters. The summed E-state index contributed by atoms with van der Waals surface area (Å²) in [5, 5.41) is 9.44. The summed E-state index contributed by atoms with van der Waals surface area (Å²) in [6.45, 7) is -0.326. The van der Waals surface area contributed by atoms with Gasteiger partial charge < -0.3 is 19.3 Å². The third kappa shape index (κ3) is 7.62. The lowest BCUT2D eigenvalue weighted by atomic mass is 9.88. The minimum atomic E-state index is -4.70. The van der Waals surface area contributed by atoms with Gasteiger partial charge in [0.05, 0.1) is 18.7 Å². The molecule has 0 bridgehead atoms. The van der Waals surface area contributed by atoms with Crippen molar-refractivity contribution in [2.24, 2.45) is 0 Å². The number of methoxy groups -OCH3 is 1. The number of carboxylic acid groups (broad SMARTS) is 1. The summed E-state index contributed by atoms with van der Waals surface area (Å²) < 4.78 is 84.9. The van der Waals surface area contributed by atoms with Crippen molar-refractivity contribution in [2.45, 2.75) is 38.0 Å². The summed E-state index contributed by atoms with van der Waals surface area (Å²) in [7, 11) is -3.12. The van der Waals surface area contributed by atoms with Crippen molar-refractivity contribution in [1.29, 1.82) is 0 Å². The number of alkyl halides is 3. The minimum Gasteiger partial charge on any atom is -0.491 e. The van der Waals surface area contributed by atoms with Crippen molar-refractivity contribution in [3.8, 4) is 17.4 Å². The van der Waals surface area contributed by atoms with Gasteiger partial charge in [0.2, 0.25) is 5.88 Å². The SMILES string of the molecule is COCCOc1ccc(CN(C(=O)O)S(=O)(=O)NC2CCCc3ccccc32)c(Oc2ncc(C(F)(F)F)cc2Cl)c1. The Balaban J connectivity index is 1.65. The summed E-state index contributed by atoms with van der Waals surface area (Å²) >= 11 is 6.01.